The molecule has 118 valence electrons. The summed E-state index contributed by atoms with van der Waals surface area (Å²) in [5, 5.41) is 5.75. The van der Waals surface area contributed by atoms with Gasteiger partial charge in [-0.15, -0.1) is 11.3 Å². The number of benzene rings is 2. The number of fused-ring (bicyclic) bond motifs is 2. The van der Waals surface area contributed by atoms with Gasteiger partial charge in [-0.2, -0.15) is 0 Å². The number of carbonyl (C=O) groups excluding carboxylic acids is 1. The number of rotatable bonds is 2. The Morgan fingerprint density at radius 3 is 2.75 bits per heavy atom. The SMILES string of the molecule is Cc1cccc2c(=O)c3ccc(NC(=O)c4cccs4)cc3oc12. The molecule has 4 aromatic rings. The molecule has 2 aromatic heterocycles. The summed E-state index contributed by atoms with van der Waals surface area (Å²) in [5.74, 6) is -0.177. The first-order valence-electron chi connectivity index (χ1n) is 7.44. The molecule has 0 saturated heterocycles. The highest BCUT2D eigenvalue weighted by Crippen LogP contribution is 2.24. The smallest absolute Gasteiger partial charge is 0.265 e. The Morgan fingerprint density at radius 1 is 1.08 bits per heavy atom. The first-order valence-corrected chi connectivity index (χ1v) is 8.32. The standard InChI is InChI=1S/C19H13NO3S/c1-11-4-2-5-14-17(21)13-8-7-12(10-15(13)23-18(11)14)20-19(22)16-6-3-9-24-16/h2-10H,1H3,(H,20,22). The lowest BCUT2D eigenvalue weighted by Gasteiger charge is -2.07. The van der Waals surface area contributed by atoms with Crippen molar-refractivity contribution >= 4 is 44.9 Å². The van der Waals surface area contributed by atoms with E-state index in [0.29, 0.717) is 32.5 Å². The molecule has 0 fully saturated rings. The van der Waals surface area contributed by atoms with Gasteiger partial charge in [0.25, 0.3) is 5.91 Å². The fourth-order valence-electron chi connectivity index (χ4n) is 2.69. The molecule has 0 bridgehead atoms. The molecule has 4 nitrogen and oxygen atoms in total. The zero-order chi connectivity index (χ0) is 16.7. The molecule has 2 aromatic carbocycles. The van der Waals surface area contributed by atoms with Crippen molar-refractivity contribution in [1.82, 2.24) is 0 Å². The first kappa shape index (κ1) is 14.7. The molecule has 5 heteroatoms. The summed E-state index contributed by atoms with van der Waals surface area (Å²) in [4.78, 5) is 25.4. The van der Waals surface area contributed by atoms with Crippen molar-refractivity contribution in [2.24, 2.45) is 0 Å². The molecular formula is C19H13NO3S. The third-order valence-electron chi connectivity index (χ3n) is 3.90. The first-order chi connectivity index (χ1) is 11.6. The second-order valence-electron chi connectivity index (χ2n) is 5.53. The number of hydrogen-bond acceptors (Lipinski definition) is 4. The third-order valence-corrected chi connectivity index (χ3v) is 4.77. The van der Waals surface area contributed by atoms with Gasteiger partial charge in [0.05, 0.1) is 15.6 Å². The van der Waals surface area contributed by atoms with E-state index in [2.05, 4.69) is 5.32 Å². The van der Waals surface area contributed by atoms with Crippen molar-refractivity contribution in [3.63, 3.8) is 0 Å². The zero-order valence-electron chi connectivity index (χ0n) is 12.8. The van der Waals surface area contributed by atoms with Crippen LogP contribution in [0.4, 0.5) is 5.69 Å². The highest BCUT2D eigenvalue weighted by molar-refractivity contribution is 7.12. The minimum absolute atomic E-state index is 0.0638. The van der Waals surface area contributed by atoms with Gasteiger partial charge >= 0.3 is 0 Å². The third kappa shape index (κ3) is 2.39. The predicted molar refractivity (Wildman–Crippen MR) is 97.0 cm³/mol. The number of hydrogen-bond donors (Lipinski definition) is 1. The minimum atomic E-state index is -0.177. The summed E-state index contributed by atoms with van der Waals surface area (Å²) in [5.41, 5.74) is 2.48. The maximum absolute atomic E-state index is 12.6. The fraction of sp³-hybridized carbons (Fsp3) is 0.0526. The number of carbonyl (C=O) groups is 1. The van der Waals surface area contributed by atoms with Crippen LogP contribution < -0.4 is 10.7 Å². The van der Waals surface area contributed by atoms with Gasteiger partial charge in [-0.25, -0.2) is 0 Å². The van der Waals surface area contributed by atoms with Crippen molar-refractivity contribution in [1.29, 1.82) is 0 Å². The van der Waals surface area contributed by atoms with Gasteiger partial charge in [-0.05, 0) is 42.1 Å². The molecule has 0 saturated carbocycles. The Balaban J connectivity index is 1.83. The lowest BCUT2D eigenvalue weighted by molar-refractivity contribution is 0.103. The van der Waals surface area contributed by atoms with Crippen LogP contribution in [-0.4, -0.2) is 5.91 Å². The van der Waals surface area contributed by atoms with E-state index in [9.17, 15) is 9.59 Å². The molecule has 0 radical (unpaired) electrons. The molecule has 0 aliphatic rings. The monoisotopic (exact) mass is 335 g/mol. The number of nitrogens with one attached hydrogen (secondary N) is 1. The van der Waals surface area contributed by atoms with Gasteiger partial charge in [0.1, 0.15) is 11.2 Å². The van der Waals surface area contributed by atoms with E-state index in [-0.39, 0.29) is 11.3 Å². The lowest BCUT2D eigenvalue weighted by Crippen LogP contribution is -2.10. The highest BCUT2D eigenvalue weighted by atomic mass is 32.1. The van der Waals surface area contributed by atoms with Crippen LogP contribution in [-0.2, 0) is 0 Å². The number of thiophene rings is 1. The number of aryl methyl sites for hydroxylation is 1. The molecule has 1 N–H and O–H groups in total. The van der Waals surface area contributed by atoms with Crippen LogP contribution in [0.3, 0.4) is 0 Å². The van der Waals surface area contributed by atoms with Crippen molar-refractivity contribution in [3.05, 3.63) is 74.6 Å². The van der Waals surface area contributed by atoms with E-state index in [1.165, 1.54) is 11.3 Å². The number of para-hydroxylation sites is 1. The Hall–Kier alpha value is -2.92. The van der Waals surface area contributed by atoms with Crippen LogP contribution >= 0.6 is 11.3 Å². The summed E-state index contributed by atoms with van der Waals surface area (Å²) in [6, 6.07) is 14.2. The topological polar surface area (TPSA) is 59.3 Å². The van der Waals surface area contributed by atoms with Gasteiger partial charge in [0, 0.05) is 11.8 Å². The average Bonchev–Trinajstić information content (AvgIpc) is 3.11. The summed E-state index contributed by atoms with van der Waals surface area (Å²) in [7, 11) is 0. The molecular weight excluding hydrogens is 322 g/mol. The molecule has 24 heavy (non-hydrogen) atoms. The number of anilines is 1. The van der Waals surface area contributed by atoms with Crippen molar-refractivity contribution in [3.8, 4) is 0 Å². The fourth-order valence-corrected chi connectivity index (χ4v) is 3.31. The van der Waals surface area contributed by atoms with Crippen molar-refractivity contribution in [2.75, 3.05) is 5.32 Å². The van der Waals surface area contributed by atoms with E-state index in [1.807, 2.05) is 30.5 Å². The Labute approximate surface area is 141 Å². The van der Waals surface area contributed by atoms with Gasteiger partial charge in [0.2, 0.25) is 5.43 Å². The van der Waals surface area contributed by atoms with E-state index in [1.54, 1.807) is 30.3 Å². The van der Waals surface area contributed by atoms with Gasteiger partial charge in [0.15, 0.2) is 0 Å². The molecule has 0 atom stereocenters. The van der Waals surface area contributed by atoms with Crippen LogP contribution in [0.2, 0.25) is 0 Å². The molecule has 1 amide bonds. The van der Waals surface area contributed by atoms with Gasteiger partial charge in [-0.3, -0.25) is 9.59 Å². The van der Waals surface area contributed by atoms with E-state index < -0.39 is 0 Å². The molecule has 4 rings (SSSR count). The van der Waals surface area contributed by atoms with E-state index in [0.717, 1.165) is 5.56 Å². The van der Waals surface area contributed by atoms with Crippen LogP contribution in [0.15, 0.2) is 63.1 Å². The average molecular weight is 335 g/mol. The predicted octanol–water partition coefficient (Wildman–Crippen LogP) is 4.57. The van der Waals surface area contributed by atoms with Crippen LogP contribution in [0.1, 0.15) is 15.2 Å². The van der Waals surface area contributed by atoms with E-state index in [4.69, 9.17) is 4.42 Å². The number of amides is 1. The molecule has 0 aliphatic carbocycles. The van der Waals surface area contributed by atoms with Gasteiger partial charge in [-0.1, -0.05) is 18.2 Å². The van der Waals surface area contributed by atoms with E-state index >= 15 is 0 Å². The summed E-state index contributed by atoms with van der Waals surface area (Å²) in [6.45, 7) is 1.90. The Morgan fingerprint density at radius 2 is 1.96 bits per heavy atom. The van der Waals surface area contributed by atoms with Crippen molar-refractivity contribution in [2.45, 2.75) is 6.92 Å². The zero-order valence-corrected chi connectivity index (χ0v) is 13.6. The van der Waals surface area contributed by atoms with Gasteiger partial charge < -0.3 is 9.73 Å². The quantitative estimate of drug-likeness (QED) is 0.546. The van der Waals surface area contributed by atoms with Crippen LogP contribution in [0.25, 0.3) is 21.9 Å². The molecule has 0 spiro atoms. The minimum Gasteiger partial charge on any atom is -0.455 e. The summed E-state index contributed by atoms with van der Waals surface area (Å²) >= 11 is 1.37. The lowest BCUT2D eigenvalue weighted by atomic mass is 10.1. The Kier molecular flexibility index (Phi) is 3.43. The summed E-state index contributed by atoms with van der Waals surface area (Å²) < 4.78 is 5.92. The normalized spacial score (nSPS) is 11.0. The van der Waals surface area contributed by atoms with Crippen molar-refractivity contribution < 1.29 is 9.21 Å². The van der Waals surface area contributed by atoms with Crippen LogP contribution in [0, 0.1) is 6.92 Å². The molecule has 2 heterocycles. The second-order valence-corrected chi connectivity index (χ2v) is 6.47. The second kappa shape index (κ2) is 5.62. The molecule has 0 unspecified atom stereocenters. The largest absolute Gasteiger partial charge is 0.455 e. The molecule has 0 aliphatic heterocycles. The summed E-state index contributed by atoms with van der Waals surface area (Å²) in [6.07, 6.45) is 0. The maximum atomic E-state index is 12.6. The maximum Gasteiger partial charge on any atom is 0.265 e. The van der Waals surface area contributed by atoms with Crippen LogP contribution in [0.5, 0.6) is 0 Å². The highest BCUT2D eigenvalue weighted by Gasteiger charge is 2.11. The Bertz CT molecular complexity index is 1130.